The lowest BCUT2D eigenvalue weighted by Crippen LogP contribution is -2.22. The van der Waals surface area contributed by atoms with E-state index in [0.717, 1.165) is 51.4 Å². The zero-order chi connectivity index (χ0) is 18.0. The standard InChI is InChI=1S/C20H38O4/c1-3-5-6-12-15-18(21)16-13-10-8-7-9-11-14-17-19(22)20(23)24-4-2/h10,13,18-19,21-22H,3-9,11-12,14-17H2,1-2H3/b13-10-/t18-,19?/m1/s1. The SMILES string of the molecule is CCCCCC[C@@H](O)C/C=C\CCCCCCC(O)C(=O)OCC. The first kappa shape index (κ1) is 23.1. The molecule has 142 valence electrons. The number of hydrogen-bond donors (Lipinski definition) is 2. The van der Waals surface area contributed by atoms with Gasteiger partial charge in [-0.1, -0.05) is 64.0 Å². The van der Waals surface area contributed by atoms with Gasteiger partial charge in [-0.05, 0) is 39.0 Å². The Morgan fingerprint density at radius 3 is 2.29 bits per heavy atom. The summed E-state index contributed by atoms with van der Waals surface area (Å²) in [4.78, 5) is 11.2. The van der Waals surface area contributed by atoms with Crippen molar-refractivity contribution in [3.63, 3.8) is 0 Å². The Balaban J connectivity index is 3.41. The number of allylic oxidation sites excluding steroid dienone is 1. The minimum atomic E-state index is -0.969. The average molecular weight is 343 g/mol. The quantitative estimate of drug-likeness (QED) is 0.246. The van der Waals surface area contributed by atoms with Gasteiger partial charge < -0.3 is 14.9 Å². The van der Waals surface area contributed by atoms with E-state index in [1.807, 2.05) is 0 Å². The van der Waals surface area contributed by atoms with Crippen LogP contribution >= 0.6 is 0 Å². The smallest absolute Gasteiger partial charge is 0.334 e. The molecule has 0 saturated heterocycles. The predicted octanol–water partition coefficient (Wildman–Crippen LogP) is 4.53. The molecule has 0 rings (SSSR count). The Morgan fingerprint density at radius 1 is 0.917 bits per heavy atom. The van der Waals surface area contributed by atoms with Crippen LogP contribution in [0.15, 0.2) is 12.2 Å². The molecule has 1 unspecified atom stereocenters. The zero-order valence-electron chi connectivity index (χ0n) is 15.7. The maximum atomic E-state index is 11.2. The molecule has 0 spiro atoms. The summed E-state index contributed by atoms with van der Waals surface area (Å²) in [5.74, 6) is -0.506. The minimum Gasteiger partial charge on any atom is -0.464 e. The first-order valence-corrected chi connectivity index (χ1v) is 9.79. The van der Waals surface area contributed by atoms with Crippen molar-refractivity contribution in [2.75, 3.05) is 6.61 Å². The molecule has 0 aromatic carbocycles. The fraction of sp³-hybridized carbons (Fsp3) is 0.850. The maximum Gasteiger partial charge on any atom is 0.334 e. The molecular formula is C20H38O4. The summed E-state index contributed by atoms with van der Waals surface area (Å²) >= 11 is 0. The molecule has 0 aliphatic rings. The minimum absolute atomic E-state index is 0.192. The highest BCUT2D eigenvalue weighted by molar-refractivity contribution is 5.74. The van der Waals surface area contributed by atoms with E-state index in [1.165, 1.54) is 19.3 Å². The van der Waals surface area contributed by atoms with Gasteiger partial charge in [-0.25, -0.2) is 4.79 Å². The summed E-state index contributed by atoms with van der Waals surface area (Å²) in [7, 11) is 0. The third-order valence-corrected chi connectivity index (χ3v) is 4.12. The molecule has 0 heterocycles. The summed E-state index contributed by atoms with van der Waals surface area (Å²) in [6.45, 7) is 4.25. The van der Waals surface area contributed by atoms with Crippen LogP contribution in [-0.2, 0) is 9.53 Å². The van der Waals surface area contributed by atoms with Crippen LogP contribution in [0.4, 0.5) is 0 Å². The molecule has 2 N–H and O–H groups in total. The predicted molar refractivity (Wildman–Crippen MR) is 98.9 cm³/mol. The van der Waals surface area contributed by atoms with Crippen LogP contribution < -0.4 is 0 Å². The van der Waals surface area contributed by atoms with Crippen molar-refractivity contribution in [2.45, 2.75) is 103 Å². The molecule has 0 aliphatic heterocycles. The molecular weight excluding hydrogens is 304 g/mol. The van der Waals surface area contributed by atoms with E-state index in [4.69, 9.17) is 4.74 Å². The van der Waals surface area contributed by atoms with Crippen LogP contribution in [0.25, 0.3) is 0 Å². The number of unbranched alkanes of at least 4 members (excludes halogenated alkanes) is 7. The van der Waals surface area contributed by atoms with Crippen LogP contribution in [0.5, 0.6) is 0 Å². The van der Waals surface area contributed by atoms with E-state index < -0.39 is 12.1 Å². The van der Waals surface area contributed by atoms with E-state index in [9.17, 15) is 15.0 Å². The second kappa shape index (κ2) is 17.0. The number of esters is 1. The average Bonchev–Trinajstić information content (AvgIpc) is 2.57. The van der Waals surface area contributed by atoms with Crippen LogP contribution in [0.2, 0.25) is 0 Å². The van der Waals surface area contributed by atoms with Crippen molar-refractivity contribution in [2.24, 2.45) is 0 Å². The molecule has 0 bridgehead atoms. The Morgan fingerprint density at radius 2 is 1.58 bits per heavy atom. The normalized spacial score (nSPS) is 14.0. The van der Waals surface area contributed by atoms with Crippen LogP contribution in [0.1, 0.15) is 90.9 Å². The van der Waals surface area contributed by atoms with Crippen molar-refractivity contribution < 1.29 is 19.7 Å². The van der Waals surface area contributed by atoms with Crippen molar-refractivity contribution >= 4 is 5.97 Å². The van der Waals surface area contributed by atoms with Crippen LogP contribution in [0.3, 0.4) is 0 Å². The molecule has 0 aliphatic carbocycles. The lowest BCUT2D eigenvalue weighted by Gasteiger charge is -2.08. The van der Waals surface area contributed by atoms with Gasteiger partial charge in [0, 0.05) is 0 Å². The fourth-order valence-electron chi connectivity index (χ4n) is 2.61. The number of aliphatic hydroxyl groups is 2. The van der Waals surface area contributed by atoms with Crippen molar-refractivity contribution in [1.82, 2.24) is 0 Å². The molecule has 0 fully saturated rings. The van der Waals surface area contributed by atoms with E-state index in [2.05, 4.69) is 19.1 Å². The maximum absolute atomic E-state index is 11.2. The van der Waals surface area contributed by atoms with Gasteiger partial charge in [0.1, 0.15) is 0 Å². The zero-order valence-corrected chi connectivity index (χ0v) is 15.7. The number of carbonyl (C=O) groups is 1. The monoisotopic (exact) mass is 342 g/mol. The lowest BCUT2D eigenvalue weighted by atomic mass is 10.1. The highest BCUT2D eigenvalue weighted by Gasteiger charge is 2.14. The van der Waals surface area contributed by atoms with E-state index in [0.29, 0.717) is 13.0 Å². The number of hydrogen-bond acceptors (Lipinski definition) is 4. The second-order valence-electron chi connectivity index (χ2n) is 6.47. The van der Waals surface area contributed by atoms with Gasteiger partial charge in [0.25, 0.3) is 0 Å². The fourth-order valence-corrected chi connectivity index (χ4v) is 2.61. The highest BCUT2D eigenvalue weighted by atomic mass is 16.5. The topological polar surface area (TPSA) is 66.8 Å². The van der Waals surface area contributed by atoms with Gasteiger partial charge in [-0.2, -0.15) is 0 Å². The summed E-state index contributed by atoms with van der Waals surface area (Å²) in [5.41, 5.74) is 0. The summed E-state index contributed by atoms with van der Waals surface area (Å²) < 4.78 is 4.76. The highest BCUT2D eigenvalue weighted by Crippen LogP contribution is 2.11. The van der Waals surface area contributed by atoms with Crippen LogP contribution in [0, 0.1) is 0 Å². The van der Waals surface area contributed by atoms with Crippen molar-refractivity contribution in [3.8, 4) is 0 Å². The van der Waals surface area contributed by atoms with Gasteiger partial charge in [-0.3, -0.25) is 0 Å². The number of rotatable bonds is 16. The Hall–Kier alpha value is -0.870. The summed E-state index contributed by atoms with van der Waals surface area (Å²) in [5, 5.41) is 19.4. The first-order chi connectivity index (χ1) is 11.6. The molecule has 4 nitrogen and oxygen atoms in total. The molecule has 0 aromatic rings. The van der Waals surface area contributed by atoms with Crippen LogP contribution in [-0.4, -0.2) is 35.0 Å². The summed E-state index contributed by atoms with van der Waals surface area (Å²) in [6.07, 6.45) is 15.2. The van der Waals surface area contributed by atoms with E-state index in [1.54, 1.807) is 6.92 Å². The first-order valence-electron chi connectivity index (χ1n) is 9.79. The summed E-state index contributed by atoms with van der Waals surface area (Å²) in [6, 6.07) is 0. The third kappa shape index (κ3) is 14.7. The van der Waals surface area contributed by atoms with E-state index in [-0.39, 0.29) is 6.10 Å². The number of carbonyl (C=O) groups excluding carboxylic acids is 1. The van der Waals surface area contributed by atoms with Gasteiger partial charge >= 0.3 is 5.97 Å². The molecule has 0 saturated carbocycles. The second-order valence-corrected chi connectivity index (χ2v) is 6.47. The van der Waals surface area contributed by atoms with Crippen molar-refractivity contribution in [3.05, 3.63) is 12.2 Å². The third-order valence-electron chi connectivity index (χ3n) is 4.12. The van der Waals surface area contributed by atoms with Gasteiger partial charge in [0.15, 0.2) is 6.10 Å². The van der Waals surface area contributed by atoms with E-state index >= 15 is 0 Å². The van der Waals surface area contributed by atoms with Crippen molar-refractivity contribution in [1.29, 1.82) is 0 Å². The van der Waals surface area contributed by atoms with Gasteiger partial charge in [0.05, 0.1) is 12.7 Å². The largest absolute Gasteiger partial charge is 0.464 e. The lowest BCUT2D eigenvalue weighted by molar-refractivity contribution is -0.153. The van der Waals surface area contributed by atoms with Gasteiger partial charge in [-0.15, -0.1) is 0 Å². The molecule has 4 heteroatoms. The molecule has 0 amide bonds. The number of aliphatic hydroxyl groups excluding tert-OH is 2. The van der Waals surface area contributed by atoms with Gasteiger partial charge in [0.2, 0.25) is 0 Å². The number of ether oxygens (including phenoxy) is 1. The molecule has 0 aromatic heterocycles. The molecule has 2 atom stereocenters. The Kier molecular flexibility index (Phi) is 16.4. The molecule has 24 heavy (non-hydrogen) atoms. The Labute approximate surface area is 148 Å². The molecule has 0 radical (unpaired) electrons. The Bertz CT molecular complexity index is 315.